The summed E-state index contributed by atoms with van der Waals surface area (Å²) >= 11 is 0. The summed E-state index contributed by atoms with van der Waals surface area (Å²) in [5.74, 6) is 0.0877. The molecule has 5 heteroatoms. The summed E-state index contributed by atoms with van der Waals surface area (Å²) in [6.07, 6.45) is -0.0686. The molecule has 2 atom stereocenters. The summed E-state index contributed by atoms with van der Waals surface area (Å²) in [5.41, 5.74) is 0.754. The average molecular weight is 247 g/mol. The van der Waals surface area contributed by atoms with Crippen LogP contribution in [-0.4, -0.2) is 20.2 Å². The molecule has 1 saturated heterocycles. The first-order valence-electron chi connectivity index (χ1n) is 5.51. The summed E-state index contributed by atoms with van der Waals surface area (Å²) in [4.78, 5) is 11.4. The van der Waals surface area contributed by atoms with E-state index < -0.39 is 18.0 Å². The Labute approximate surface area is 105 Å². The van der Waals surface area contributed by atoms with Gasteiger partial charge >= 0.3 is 5.97 Å². The molecule has 1 aromatic rings. The van der Waals surface area contributed by atoms with Crippen LogP contribution in [0.3, 0.4) is 0 Å². The van der Waals surface area contributed by atoms with Crippen LogP contribution in [0, 0.1) is 17.2 Å². The molecular weight excluding hydrogens is 234 g/mol. The maximum atomic E-state index is 11.4. The number of benzene rings is 1. The molecular formula is C13H13NO4. The third-order valence-corrected chi connectivity index (χ3v) is 2.94. The van der Waals surface area contributed by atoms with Crippen molar-refractivity contribution in [3.63, 3.8) is 0 Å². The van der Waals surface area contributed by atoms with Crippen LogP contribution in [0.5, 0.6) is 11.5 Å². The van der Waals surface area contributed by atoms with Gasteiger partial charge in [-0.3, -0.25) is 4.79 Å². The van der Waals surface area contributed by atoms with Crippen molar-refractivity contribution >= 4 is 5.97 Å². The lowest BCUT2D eigenvalue weighted by atomic mass is 10.0. The van der Waals surface area contributed by atoms with Crippen molar-refractivity contribution in [2.45, 2.75) is 12.5 Å². The van der Waals surface area contributed by atoms with Gasteiger partial charge in [-0.1, -0.05) is 0 Å². The molecule has 0 bridgehead atoms. The van der Waals surface area contributed by atoms with E-state index in [0.29, 0.717) is 17.9 Å². The van der Waals surface area contributed by atoms with E-state index >= 15 is 0 Å². The zero-order valence-corrected chi connectivity index (χ0v) is 10.2. The van der Waals surface area contributed by atoms with Gasteiger partial charge in [0.1, 0.15) is 23.5 Å². The van der Waals surface area contributed by atoms with E-state index in [-0.39, 0.29) is 0 Å². The zero-order valence-electron chi connectivity index (χ0n) is 10.2. The van der Waals surface area contributed by atoms with Crippen molar-refractivity contribution in [2.24, 2.45) is 5.92 Å². The van der Waals surface area contributed by atoms with Crippen LogP contribution >= 0.6 is 0 Å². The van der Waals surface area contributed by atoms with E-state index in [1.807, 2.05) is 6.07 Å². The topological polar surface area (TPSA) is 68.5 Å². The normalized spacial score (nSPS) is 22.2. The average Bonchev–Trinajstić information content (AvgIpc) is 2.79. The van der Waals surface area contributed by atoms with Crippen LogP contribution in [0.2, 0.25) is 0 Å². The zero-order chi connectivity index (χ0) is 13.1. The van der Waals surface area contributed by atoms with Gasteiger partial charge in [0, 0.05) is 18.1 Å². The number of nitrogens with zero attached hydrogens (tertiary/aromatic N) is 1. The van der Waals surface area contributed by atoms with Crippen molar-refractivity contribution < 1.29 is 19.0 Å². The summed E-state index contributed by atoms with van der Waals surface area (Å²) < 4.78 is 15.5. The van der Waals surface area contributed by atoms with Crippen molar-refractivity contribution in [1.29, 1.82) is 5.26 Å². The number of esters is 1. The Bertz CT molecular complexity index is 506. The van der Waals surface area contributed by atoms with Gasteiger partial charge in [0.15, 0.2) is 0 Å². The number of methoxy groups -OCH3 is 2. The number of carbonyl (C=O) groups is 1. The van der Waals surface area contributed by atoms with Gasteiger partial charge in [0.25, 0.3) is 0 Å². The van der Waals surface area contributed by atoms with Crippen molar-refractivity contribution in [2.75, 3.05) is 14.2 Å². The van der Waals surface area contributed by atoms with Gasteiger partial charge in [-0.25, -0.2) is 0 Å². The highest BCUT2D eigenvalue weighted by Crippen LogP contribution is 2.39. The highest BCUT2D eigenvalue weighted by atomic mass is 16.6. The van der Waals surface area contributed by atoms with E-state index in [2.05, 4.69) is 0 Å². The van der Waals surface area contributed by atoms with Crippen LogP contribution in [0.25, 0.3) is 0 Å². The lowest BCUT2D eigenvalue weighted by Gasteiger charge is -2.14. The first-order valence-corrected chi connectivity index (χ1v) is 5.51. The third-order valence-electron chi connectivity index (χ3n) is 2.94. The van der Waals surface area contributed by atoms with Gasteiger partial charge in [-0.05, 0) is 12.1 Å². The summed E-state index contributed by atoms with van der Waals surface area (Å²) in [7, 11) is 3.10. The van der Waals surface area contributed by atoms with Crippen molar-refractivity contribution in [3.8, 4) is 17.6 Å². The monoisotopic (exact) mass is 247 g/mol. The molecule has 0 radical (unpaired) electrons. The van der Waals surface area contributed by atoms with Crippen LogP contribution < -0.4 is 9.47 Å². The minimum Gasteiger partial charge on any atom is -0.497 e. The predicted molar refractivity (Wildman–Crippen MR) is 62.1 cm³/mol. The summed E-state index contributed by atoms with van der Waals surface area (Å²) in [6, 6.07) is 7.21. The van der Waals surface area contributed by atoms with E-state index in [1.54, 1.807) is 25.3 Å². The lowest BCUT2D eigenvalue weighted by molar-refractivity contribution is -0.143. The third kappa shape index (κ3) is 2.09. The van der Waals surface area contributed by atoms with Gasteiger partial charge in [0.05, 0.1) is 20.3 Å². The van der Waals surface area contributed by atoms with Gasteiger partial charge in [-0.2, -0.15) is 5.26 Å². The lowest BCUT2D eigenvalue weighted by Crippen LogP contribution is -2.04. The Morgan fingerprint density at radius 3 is 2.72 bits per heavy atom. The molecule has 0 aromatic heterocycles. The first-order chi connectivity index (χ1) is 8.69. The SMILES string of the molecule is COc1ccc(C2CC(C#N)C(=O)O2)c(OC)c1. The minimum atomic E-state index is -0.693. The molecule has 1 fully saturated rings. The second-order valence-electron chi connectivity index (χ2n) is 3.95. The fourth-order valence-corrected chi connectivity index (χ4v) is 1.96. The van der Waals surface area contributed by atoms with Gasteiger partial charge < -0.3 is 14.2 Å². The maximum absolute atomic E-state index is 11.4. The van der Waals surface area contributed by atoms with E-state index in [1.165, 1.54) is 7.11 Å². The molecule has 0 spiro atoms. The maximum Gasteiger partial charge on any atom is 0.324 e. The predicted octanol–water partition coefficient (Wildman–Crippen LogP) is 1.83. The molecule has 94 valence electrons. The number of hydrogen-bond donors (Lipinski definition) is 0. The van der Waals surface area contributed by atoms with E-state index in [4.69, 9.17) is 19.5 Å². The standard InChI is InChI=1S/C13H13NO4/c1-16-9-3-4-10(11(6-9)17-2)12-5-8(7-14)13(15)18-12/h3-4,6,8,12H,5H2,1-2H3. The number of cyclic esters (lactones) is 1. The van der Waals surface area contributed by atoms with E-state index in [9.17, 15) is 4.79 Å². The smallest absolute Gasteiger partial charge is 0.324 e. The van der Waals surface area contributed by atoms with Crippen molar-refractivity contribution in [3.05, 3.63) is 23.8 Å². The highest BCUT2D eigenvalue weighted by molar-refractivity contribution is 5.77. The second kappa shape index (κ2) is 4.96. The Hall–Kier alpha value is -2.22. The summed E-state index contributed by atoms with van der Waals surface area (Å²) in [5, 5.41) is 8.81. The quantitative estimate of drug-likeness (QED) is 0.762. The van der Waals surface area contributed by atoms with Crippen LogP contribution in [-0.2, 0) is 9.53 Å². The van der Waals surface area contributed by atoms with Crippen molar-refractivity contribution in [1.82, 2.24) is 0 Å². The van der Waals surface area contributed by atoms with Gasteiger partial charge in [0.2, 0.25) is 0 Å². The summed E-state index contributed by atoms with van der Waals surface area (Å²) in [6.45, 7) is 0. The fraction of sp³-hybridized carbons (Fsp3) is 0.385. The van der Waals surface area contributed by atoms with Crippen LogP contribution in [0.4, 0.5) is 0 Å². The largest absolute Gasteiger partial charge is 0.497 e. The molecule has 0 amide bonds. The first kappa shape index (κ1) is 12.2. The van der Waals surface area contributed by atoms with Crippen LogP contribution in [0.1, 0.15) is 18.1 Å². The molecule has 5 nitrogen and oxygen atoms in total. The minimum absolute atomic E-state index is 0.359. The number of carbonyl (C=O) groups excluding carboxylic acids is 1. The molecule has 1 heterocycles. The molecule has 1 aliphatic heterocycles. The Balaban J connectivity index is 2.29. The van der Waals surface area contributed by atoms with Crippen LogP contribution in [0.15, 0.2) is 18.2 Å². The fourth-order valence-electron chi connectivity index (χ4n) is 1.96. The number of ether oxygens (including phenoxy) is 3. The second-order valence-corrected chi connectivity index (χ2v) is 3.95. The molecule has 0 saturated carbocycles. The number of hydrogen-bond acceptors (Lipinski definition) is 5. The molecule has 0 aliphatic carbocycles. The highest BCUT2D eigenvalue weighted by Gasteiger charge is 2.36. The molecule has 2 rings (SSSR count). The Morgan fingerprint density at radius 1 is 1.39 bits per heavy atom. The molecule has 18 heavy (non-hydrogen) atoms. The number of nitriles is 1. The molecule has 1 aliphatic rings. The Morgan fingerprint density at radius 2 is 2.17 bits per heavy atom. The Kier molecular flexibility index (Phi) is 3.38. The molecule has 0 N–H and O–H groups in total. The van der Waals surface area contributed by atoms with Gasteiger partial charge in [-0.15, -0.1) is 0 Å². The van der Waals surface area contributed by atoms with E-state index in [0.717, 1.165) is 5.56 Å². The number of rotatable bonds is 3. The molecule has 1 aromatic carbocycles. The molecule has 2 unspecified atom stereocenters.